The minimum absolute atomic E-state index is 0.00115. The van der Waals surface area contributed by atoms with Crippen LogP contribution in [0.2, 0.25) is 0 Å². The van der Waals surface area contributed by atoms with Gasteiger partial charge in [-0.25, -0.2) is 0 Å². The van der Waals surface area contributed by atoms with Gasteiger partial charge in [0.15, 0.2) is 0 Å². The quantitative estimate of drug-likeness (QED) is 0.888. The molecule has 1 aliphatic carbocycles. The number of benzene rings is 1. The third-order valence-corrected chi connectivity index (χ3v) is 4.82. The van der Waals surface area contributed by atoms with Crippen molar-refractivity contribution in [3.05, 3.63) is 29.3 Å². The molecule has 3 rings (SSSR count). The Hall–Kier alpha value is -1.39. The van der Waals surface area contributed by atoms with Crippen molar-refractivity contribution in [1.29, 1.82) is 0 Å². The molecule has 4 heteroatoms. The number of anilines is 1. The predicted molar refractivity (Wildman–Crippen MR) is 83.3 cm³/mol. The summed E-state index contributed by atoms with van der Waals surface area (Å²) in [6.45, 7) is 5.56. The van der Waals surface area contributed by atoms with Crippen molar-refractivity contribution in [3.63, 3.8) is 0 Å². The number of fused-ring (bicyclic) bond motifs is 1. The van der Waals surface area contributed by atoms with E-state index in [2.05, 4.69) is 17.4 Å². The fraction of sp³-hybridized carbons (Fsp3) is 0.588. The van der Waals surface area contributed by atoms with Gasteiger partial charge in [0.2, 0.25) is 5.91 Å². The summed E-state index contributed by atoms with van der Waals surface area (Å²) in [5.74, 6) is 0.229. The molecule has 1 aromatic carbocycles. The number of carbonyl (C=O) groups is 1. The summed E-state index contributed by atoms with van der Waals surface area (Å²) in [6.07, 6.45) is 3.49. The first-order chi connectivity index (χ1) is 9.96. The molecule has 4 nitrogen and oxygen atoms in total. The van der Waals surface area contributed by atoms with Gasteiger partial charge >= 0.3 is 0 Å². The Morgan fingerprint density at radius 2 is 2.05 bits per heavy atom. The Morgan fingerprint density at radius 3 is 2.76 bits per heavy atom. The van der Waals surface area contributed by atoms with E-state index in [1.165, 1.54) is 17.5 Å². The van der Waals surface area contributed by atoms with Crippen molar-refractivity contribution in [2.45, 2.75) is 38.7 Å². The minimum atomic E-state index is -0.617. The number of nitrogens with one attached hydrogen (secondary N) is 1. The Balaban J connectivity index is 1.51. The van der Waals surface area contributed by atoms with Gasteiger partial charge in [-0.15, -0.1) is 0 Å². The second-order valence-electron chi connectivity index (χ2n) is 6.79. The Bertz CT molecular complexity index is 548. The van der Waals surface area contributed by atoms with Crippen LogP contribution < -0.4 is 5.32 Å². The third-order valence-electron chi connectivity index (χ3n) is 4.82. The summed E-state index contributed by atoms with van der Waals surface area (Å²) in [5, 5.41) is 13.2. The average Bonchev–Trinajstić information content (AvgIpc) is 2.83. The SMILES string of the molecule is CC(C)C1(O)CN(CC(=O)Nc2ccc3c(c2)CCC3)C1. The highest BCUT2D eigenvalue weighted by Gasteiger charge is 2.43. The summed E-state index contributed by atoms with van der Waals surface area (Å²) in [4.78, 5) is 14.1. The maximum atomic E-state index is 12.1. The number of aryl methyl sites for hydroxylation is 2. The Labute approximate surface area is 126 Å². The molecule has 114 valence electrons. The lowest BCUT2D eigenvalue weighted by Gasteiger charge is -2.48. The van der Waals surface area contributed by atoms with E-state index in [-0.39, 0.29) is 11.8 Å². The number of carbonyl (C=O) groups excluding carboxylic acids is 1. The molecule has 0 saturated carbocycles. The molecule has 0 radical (unpaired) electrons. The van der Waals surface area contributed by atoms with Gasteiger partial charge in [0.25, 0.3) is 0 Å². The number of amides is 1. The molecule has 0 spiro atoms. The van der Waals surface area contributed by atoms with E-state index in [4.69, 9.17) is 0 Å². The third kappa shape index (κ3) is 2.97. The van der Waals surface area contributed by atoms with Crippen LogP contribution in [0.3, 0.4) is 0 Å². The molecule has 0 atom stereocenters. The zero-order chi connectivity index (χ0) is 15.0. The highest BCUT2D eigenvalue weighted by Crippen LogP contribution is 2.28. The number of nitrogens with zero attached hydrogens (tertiary/aromatic N) is 1. The minimum Gasteiger partial charge on any atom is -0.387 e. The lowest BCUT2D eigenvalue weighted by molar-refractivity contribution is -0.139. The monoisotopic (exact) mass is 288 g/mol. The summed E-state index contributed by atoms with van der Waals surface area (Å²) in [7, 11) is 0. The molecule has 1 saturated heterocycles. The van der Waals surface area contributed by atoms with Crippen LogP contribution in [-0.4, -0.2) is 41.1 Å². The number of hydrogen-bond acceptors (Lipinski definition) is 3. The zero-order valence-corrected chi connectivity index (χ0v) is 12.9. The zero-order valence-electron chi connectivity index (χ0n) is 12.9. The smallest absolute Gasteiger partial charge is 0.238 e. The molecule has 2 N–H and O–H groups in total. The molecular formula is C17H24N2O2. The normalized spacial score (nSPS) is 20.2. The number of hydrogen-bond donors (Lipinski definition) is 2. The maximum Gasteiger partial charge on any atom is 0.238 e. The molecule has 1 aromatic rings. The van der Waals surface area contributed by atoms with E-state index in [9.17, 15) is 9.90 Å². The second-order valence-corrected chi connectivity index (χ2v) is 6.79. The van der Waals surface area contributed by atoms with Crippen LogP contribution in [0.5, 0.6) is 0 Å². The number of β-amino-alcohol motifs (C(OH)–C–C–N with tert-alkyl or cyclic N) is 1. The van der Waals surface area contributed by atoms with E-state index in [1.54, 1.807) is 0 Å². The fourth-order valence-corrected chi connectivity index (χ4v) is 3.26. The van der Waals surface area contributed by atoms with E-state index >= 15 is 0 Å². The van der Waals surface area contributed by atoms with Gasteiger partial charge in [-0.2, -0.15) is 0 Å². The molecule has 0 unspecified atom stereocenters. The van der Waals surface area contributed by atoms with Crippen molar-refractivity contribution in [2.24, 2.45) is 5.92 Å². The number of aliphatic hydroxyl groups is 1. The Kier molecular flexibility index (Phi) is 3.76. The lowest BCUT2D eigenvalue weighted by Crippen LogP contribution is -2.65. The summed E-state index contributed by atoms with van der Waals surface area (Å²) >= 11 is 0. The van der Waals surface area contributed by atoms with Gasteiger partial charge in [0, 0.05) is 18.8 Å². The number of rotatable bonds is 4. The molecule has 1 fully saturated rings. The second kappa shape index (κ2) is 5.43. The van der Waals surface area contributed by atoms with Crippen LogP contribution in [0.4, 0.5) is 5.69 Å². The Morgan fingerprint density at radius 1 is 1.33 bits per heavy atom. The molecule has 0 aromatic heterocycles. The average molecular weight is 288 g/mol. The van der Waals surface area contributed by atoms with Gasteiger partial charge in [-0.05, 0) is 48.4 Å². The lowest BCUT2D eigenvalue weighted by atomic mass is 9.83. The first-order valence-corrected chi connectivity index (χ1v) is 7.83. The highest BCUT2D eigenvalue weighted by molar-refractivity contribution is 5.92. The standard InChI is InChI=1S/C17H24N2O2/c1-12(2)17(21)10-19(11-17)9-16(20)18-15-7-6-13-4-3-5-14(13)8-15/h6-8,12,21H,3-5,9-11H2,1-2H3,(H,18,20). The molecule has 1 heterocycles. The summed E-state index contributed by atoms with van der Waals surface area (Å²) in [5.41, 5.74) is 3.05. The van der Waals surface area contributed by atoms with E-state index in [1.807, 2.05) is 24.8 Å². The van der Waals surface area contributed by atoms with Crippen molar-refractivity contribution in [1.82, 2.24) is 4.90 Å². The van der Waals surface area contributed by atoms with Gasteiger partial charge in [-0.3, -0.25) is 9.69 Å². The van der Waals surface area contributed by atoms with Gasteiger partial charge in [0.05, 0.1) is 12.1 Å². The van der Waals surface area contributed by atoms with Crippen LogP contribution in [0.25, 0.3) is 0 Å². The van der Waals surface area contributed by atoms with Crippen LogP contribution in [0.15, 0.2) is 18.2 Å². The molecular weight excluding hydrogens is 264 g/mol. The van der Waals surface area contributed by atoms with Crippen molar-refractivity contribution >= 4 is 11.6 Å². The van der Waals surface area contributed by atoms with Gasteiger partial charge in [-0.1, -0.05) is 19.9 Å². The highest BCUT2D eigenvalue weighted by atomic mass is 16.3. The molecule has 2 aliphatic rings. The maximum absolute atomic E-state index is 12.1. The van der Waals surface area contributed by atoms with Crippen LogP contribution in [0.1, 0.15) is 31.4 Å². The fourth-order valence-electron chi connectivity index (χ4n) is 3.26. The van der Waals surface area contributed by atoms with Crippen LogP contribution in [0, 0.1) is 5.92 Å². The first-order valence-electron chi connectivity index (χ1n) is 7.83. The number of likely N-dealkylation sites (tertiary alicyclic amines) is 1. The first kappa shape index (κ1) is 14.5. The van der Waals surface area contributed by atoms with Crippen molar-refractivity contribution in [3.8, 4) is 0 Å². The molecule has 0 bridgehead atoms. The largest absolute Gasteiger partial charge is 0.387 e. The summed E-state index contributed by atoms with van der Waals surface area (Å²) in [6, 6.07) is 6.21. The molecule has 1 aliphatic heterocycles. The van der Waals surface area contributed by atoms with Crippen molar-refractivity contribution in [2.75, 3.05) is 25.0 Å². The van der Waals surface area contributed by atoms with E-state index in [0.717, 1.165) is 18.5 Å². The van der Waals surface area contributed by atoms with Gasteiger partial charge < -0.3 is 10.4 Å². The van der Waals surface area contributed by atoms with Crippen LogP contribution >= 0.6 is 0 Å². The predicted octanol–water partition coefficient (Wildman–Crippen LogP) is 1.82. The van der Waals surface area contributed by atoms with Gasteiger partial charge in [0.1, 0.15) is 0 Å². The topological polar surface area (TPSA) is 52.6 Å². The van der Waals surface area contributed by atoms with Crippen LogP contribution in [-0.2, 0) is 17.6 Å². The van der Waals surface area contributed by atoms with E-state index < -0.39 is 5.60 Å². The van der Waals surface area contributed by atoms with E-state index in [0.29, 0.717) is 19.6 Å². The molecule has 1 amide bonds. The van der Waals surface area contributed by atoms with Crippen molar-refractivity contribution < 1.29 is 9.90 Å². The summed E-state index contributed by atoms with van der Waals surface area (Å²) < 4.78 is 0. The molecule has 21 heavy (non-hydrogen) atoms.